The Balaban J connectivity index is 1.83. The molecule has 2 rings (SSSR count). The Kier molecular flexibility index (Phi) is 6.95. The second-order valence-electron chi connectivity index (χ2n) is 6.39. The molecule has 0 saturated carbocycles. The van der Waals surface area contributed by atoms with Crippen LogP contribution in [0.3, 0.4) is 0 Å². The van der Waals surface area contributed by atoms with Crippen LogP contribution in [0.15, 0.2) is 42.5 Å². The van der Waals surface area contributed by atoms with Crippen molar-refractivity contribution in [3.63, 3.8) is 0 Å². The molecule has 1 amide bonds. The van der Waals surface area contributed by atoms with Gasteiger partial charge in [-0.3, -0.25) is 4.79 Å². The first-order chi connectivity index (χ1) is 12.9. The Hall–Kier alpha value is -3.33. The van der Waals surface area contributed by atoms with Gasteiger partial charge < -0.3 is 14.8 Å². The fourth-order valence-electron chi connectivity index (χ4n) is 2.43. The molecule has 0 bridgehead atoms. The monoisotopic (exact) mass is 366 g/mol. The molecule has 2 aromatic rings. The minimum Gasteiger partial charge on any atom is -0.482 e. The molecule has 0 fully saturated rings. The van der Waals surface area contributed by atoms with E-state index in [0.717, 1.165) is 11.1 Å². The van der Waals surface area contributed by atoms with Crippen molar-refractivity contribution in [1.29, 1.82) is 5.26 Å². The van der Waals surface area contributed by atoms with Crippen LogP contribution in [0, 0.1) is 18.3 Å². The molecule has 6 nitrogen and oxygen atoms in total. The number of nitriles is 1. The summed E-state index contributed by atoms with van der Waals surface area (Å²) in [7, 11) is 0. The third-order valence-corrected chi connectivity index (χ3v) is 3.78. The van der Waals surface area contributed by atoms with Gasteiger partial charge in [0.25, 0.3) is 5.91 Å². The molecule has 0 aromatic heterocycles. The third kappa shape index (κ3) is 6.15. The Morgan fingerprint density at radius 3 is 2.63 bits per heavy atom. The number of aryl methyl sites for hydroxylation is 1. The van der Waals surface area contributed by atoms with E-state index in [4.69, 9.17) is 14.7 Å². The average molecular weight is 366 g/mol. The van der Waals surface area contributed by atoms with Gasteiger partial charge in [0, 0.05) is 5.69 Å². The molecule has 0 aliphatic carbocycles. The number of esters is 1. The number of amides is 1. The lowest BCUT2D eigenvalue weighted by Gasteiger charge is -2.14. The van der Waals surface area contributed by atoms with Crippen LogP contribution >= 0.6 is 0 Å². The van der Waals surface area contributed by atoms with Crippen LogP contribution in [0.2, 0.25) is 0 Å². The van der Waals surface area contributed by atoms with E-state index in [0.29, 0.717) is 17.0 Å². The standard InChI is InChI=1S/C21H22N2O4/c1-14(2)18-8-7-15(3)9-19(18)26-13-21(25)27-12-20(24)23-17-6-4-5-16(10-17)11-22/h4-10,14H,12-13H2,1-3H3,(H,23,24). The number of carbonyl (C=O) groups excluding carboxylic acids is 2. The van der Waals surface area contributed by atoms with Gasteiger partial charge in [0.2, 0.25) is 0 Å². The summed E-state index contributed by atoms with van der Waals surface area (Å²) in [6.07, 6.45) is 0. The Bertz CT molecular complexity index is 869. The van der Waals surface area contributed by atoms with Gasteiger partial charge in [-0.25, -0.2) is 4.79 Å². The number of nitrogens with one attached hydrogen (secondary N) is 1. The fourth-order valence-corrected chi connectivity index (χ4v) is 2.43. The second-order valence-corrected chi connectivity index (χ2v) is 6.39. The van der Waals surface area contributed by atoms with Gasteiger partial charge in [-0.15, -0.1) is 0 Å². The van der Waals surface area contributed by atoms with Gasteiger partial charge in [0.15, 0.2) is 13.2 Å². The molecule has 27 heavy (non-hydrogen) atoms. The van der Waals surface area contributed by atoms with Crippen molar-refractivity contribution >= 4 is 17.6 Å². The molecule has 2 aromatic carbocycles. The topological polar surface area (TPSA) is 88.4 Å². The molecule has 0 radical (unpaired) electrons. The van der Waals surface area contributed by atoms with E-state index in [-0.39, 0.29) is 12.5 Å². The highest BCUT2D eigenvalue weighted by molar-refractivity contribution is 5.93. The summed E-state index contributed by atoms with van der Waals surface area (Å²) in [4.78, 5) is 23.7. The Morgan fingerprint density at radius 2 is 1.93 bits per heavy atom. The number of ether oxygens (including phenoxy) is 2. The molecule has 0 atom stereocenters. The highest BCUT2D eigenvalue weighted by Gasteiger charge is 2.12. The molecular formula is C21H22N2O4. The molecule has 0 unspecified atom stereocenters. The molecule has 6 heteroatoms. The minimum absolute atomic E-state index is 0.256. The van der Waals surface area contributed by atoms with Crippen molar-refractivity contribution in [1.82, 2.24) is 0 Å². The van der Waals surface area contributed by atoms with Gasteiger partial charge in [-0.1, -0.05) is 32.0 Å². The van der Waals surface area contributed by atoms with Gasteiger partial charge in [-0.05, 0) is 48.2 Å². The number of hydrogen-bond acceptors (Lipinski definition) is 5. The number of rotatable bonds is 7. The van der Waals surface area contributed by atoms with Crippen molar-refractivity contribution in [3.05, 3.63) is 59.2 Å². The summed E-state index contributed by atoms with van der Waals surface area (Å²) in [6, 6.07) is 14.3. The number of nitrogens with zero attached hydrogens (tertiary/aromatic N) is 1. The summed E-state index contributed by atoms with van der Waals surface area (Å²) in [5.74, 6) is -0.227. The van der Waals surface area contributed by atoms with E-state index in [1.165, 1.54) is 6.07 Å². The Labute approximate surface area is 158 Å². The molecule has 0 aliphatic rings. The number of benzene rings is 2. The number of carbonyl (C=O) groups is 2. The van der Waals surface area contributed by atoms with Gasteiger partial charge >= 0.3 is 5.97 Å². The lowest BCUT2D eigenvalue weighted by atomic mass is 10.0. The zero-order chi connectivity index (χ0) is 19.8. The van der Waals surface area contributed by atoms with Gasteiger partial charge in [0.1, 0.15) is 5.75 Å². The normalized spacial score (nSPS) is 10.2. The zero-order valence-electron chi connectivity index (χ0n) is 15.6. The molecule has 1 N–H and O–H groups in total. The quantitative estimate of drug-likeness (QED) is 0.757. The van der Waals surface area contributed by atoms with Crippen molar-refractivity contribution in [2.24, 2.45) is 0 Å². The summed E-state index contributed by atoms with van der Waals surface area (Å²) < 4.78 is 10.5. The largest absolute Gasteiger partial charge is 0.482 e. The average Bonchev–Trinajstić information content (AvgIpc) is 2.64. The van der Waals surface area contributed by atoms with E-state index in [9.17, 15) is 9.59 Å². The SMILES string of the molecule is Cc1ccc(C(C)C)c(OCC(=O)OCC(=O)Nc2cccc(C#N)c2)c1. The molecule has 140 valence electrons. The fraction of sp³-hybridized carbons (Fsp3) is 0.286. The van der Waals surface area contributed by atoms with Crippen LogP contribution in [0.5, 0.6) is 5.75 Å². The molecule has 0 heterocycles. The van der Waals surface area contributed by atoms with Crippen LogP contribution in [-0.4, -0.2) is 25.1 Å². The first-order valence-corrected chi connectivity index (χ1v) is 8.58. The van der Waals surface area contributed by atoms with E-state index >= 15 is 0 Å². The Morgan fingerprint density at radius 1 is 1.15 bits per heavy atom. The maximum Gasteiger partial charge on any atom is 0.344 e. The van der Waals surface area contributed by atoms with Crippen molar-refractivity contribution < 1.29 is 19.1 Å². The smallest absolute Gasteiger partial charge is 0.344 e. The zero-order valence-corrected chi connectivity index (χ0v) is 15.6. The summed E-state index contributed by atoms with van der Waals surface area (Å²) >= 11 is 0. The van der Waals surface area contributed by atoms with Crippen LogP contribution in [-0.2, 0) is 14.3 Å². The molecule has 0 saturated heterocycles. The maximum absolute atomic E-state index is 11.9. The van der Waals surface area contributed by atoms with Crippen LogP contribution in [0.1, 0.15) is 36.5 Å². The minimum atomic E-state index is -0.632. The maximum atomic E-state index is 11.9. The number of hydrogen-bond donors (Lipinski definition) is 1. The first-order valence-electron chi connectivity index (χ1n) is 8.58. The van der Waals surface area contributed by atoms with Crippen molar-refractivity contribution in [3.8, 4) is 11.8 Å². The van der Waals surface area contributed by atoms with E-state index in [1.54, 1.807) is 18.2 Å². The lowest BCUT2D eigenvalue weighted by Crippen LogP contribution is -2.23. The molecule has 0 spiro atoms. The van der Waals surface area contributed by atoms with Gasteiger partial charge in [0.05, 0.1) is 11.6 Å². The van der Waals surface area contributed by atoms with Crippen molar-refractivity contribution in [2.75, 3.05) is 18.5 Å². The molecule has 0 aliphatic heterocycles. The summed E-state index contributed by atoms with van der Waals surface area (Å²) in [5.41, 5.74) is 2.93. The first kappa shape index (κ1) is 20.0. The van der Waals surface area contributed by atoms with Crippen LogP contribution < -0.4 is 10.1 Å². The lowest BCUT2D eigenvalue weighted by molar-refractivity contribution is -0.149. The summed E-state index contributed by atoms with van der Waals surface area (Å²) in [5, 5.41) is 11.4. The summed E-state index contributed by atoms with van der Waals surface area (Å²) in [6.45, 7) is 5.33. The number of anilines is 1. The van der Waals surface area contributed by atoms with Crippen molar-refractivity contribution in [2.45, 2.75) is 26.7 Å². The second kappa shape index (κ2) is 9.39. The van der Waals surface area contributed by atoms with E-state index in [1.807, 2.05) is 45.0 Å². The molecular weight excluding hydrogens is 344 g/mol. The third-order valence-electron chi connectivity index (χ3n) is 3.78. The highest BCUT2D eigenvalue weighted by atomic mass is 16.6. The predicted molar refractivity (Wildman–Crippen MR) is 102 cm³/mol. The van der Waals surface area contributed by atoms with Gasteiger partial charge in [-0.2, -0.15) is 5.26 Å². The van der Waals surface area contributed by atoms with E-state index in [2.05, 4.69) is 5.32 Å². The highest BCUT2D eigenvalue weighted by Crippen LogP contribution is 2.27. The predicted octanol–water partition coefficient (Wildman–Crippen LogP) is 3.55. The van der Waals surface area contributed by atoms with Crippen LogP contribution in [0.25, 0.3) is 0 Å². The van der Waals surface area contributed by atoms with Crippen LogP contribution in [0.4, 0.5) is 5.69 Å². The van der Waals surface area contributed by atoms with E-state index < -0.39 is 18.5 Å².